The second kappa shape index (κ2) is 5.95. The zero-order valence-electron chi connectivity index (χ0n) is 12.0. The fraction of sp³-hybridized carbons (Fsp3) is 0.312. The van der Waals surface area contributed by atoms with E-state index >= 15 is 0 Å². The SMILES string of the molecule is CCNC(Cc1nccs1)c1oc2ccc(F)cc2c1C. The van der Waals surface area contributed by atoms with Crippen molar-refractivity contribution in [3.63, 3.8) is 0 Å². The summed E-state index contributed by atoms with van der Waals surface area (Å²) in [6.45, 7) is 4.88. The smallest absolute Gasteiger partial charge is 0.134 e. The fourth-order valence-electron chi connectivity index (χ4n) is 2.58. The minimum atomic E-state index is -0.238. The first-order valence-corrected chi connectivity index (χ1v) is 7.87. The van der Waals surface area contributed by atoms with E-state index in [0.717, 1.165) is 40.3 Å². The van der Waals surface area contributed by atoms with Gasteiger partial charge in [0.1, 0.15) is 17.2 Å². The second-order valence-corrected chi connectivity index (χ2v) is 5.95. The Morgan fingerprint density at radius 1 is 1.43 bits per heavy atom. The highest BCUT2D eigenvalue weighted by molar-refractivity contribution is 7.09. The van der Waals surface area contributed by atoms with Gasteiger partial charge in [0.25, 0.3) is 0 Å². The second-order valence-electron chi connectivity index (χ2n) is 4.97. The number of hydrogen-bond donors (Lipinski definition) is 1. The molecule has 1 aromatic carbocycles. The van der Waals surface area contributed by atoms with Gasteiger partial charge >= 0.3 is 0 Å². The van der Waals surface area contributed by atoms with Gasteiger partial charge in [0.15, 0.2) is 0 Å². The zero-order valence-corrected chi connectivity index (χ0v) is 12.8. The van der Waals surface area contributed by atoms with E-state index in [1.165, 1.54) is 12.1 Å². The lowest BCUT2D eigenvalue weighted by Crippen LogP contribution is -2.23. The monoisotopic (exact) mass is 304 g/mol. The Hall–Kier alpha value is -1.72. The summed E-state index contributed by atoms with van der Waals surface area (Å²) in [6.07, 6.45) is 2.58. The summed E-state index contributed by atoms with van der Waals surface area (Å²) in [4.78, 5) is 4.34. The number of aryl methyl sites for hydroxylation is 1. The summed E-state index contributed by atoms with van der Waals surface area (Å²) in [7, 11) is 0. The van der Waals surface area contributed by atoms with Gasteiger partial charge in [0, 0.05) is 28.9 Å². The van der Waals surface area contributed by atoms with Crippen LogP contribution in [0.2, 0.25) is 0 Å². The number of aromatic nitrogens is 1. The number of likely N-dealkylation sites (N-methyl/N-ethyl adjacent to an activating group) is 1. The molecule has 3 rings (SSSR count). The molecule has 0 radical (unpaired) electrons. The van der Waals surface area contributed by atoms with Crippen molar-refractivity contribution in [1.82, 2.24) is 10.3 Å². The third-order valence-electron chi connectivity index (χ3n) is 3.56. The normalized spacial score (nSPS) is 12.9. The summed E-state index contributed by atoms with van der Waals surface area (Å²) < 4.78 is 19.4. The van der Waals surface area contributed by atoms with Crippen molar-refractivity contribution >= 4 is 22.3 Å². The third kappa shape index (κ3) is 2.84. The maximum atomic E-state index is 13.4. The highest BCUT2D eigenvalue weighted by Gasteiger charge is 2.21. The number of hydrogen-bond acceptors (Lipinski definition) is 4. The molecule has 2 aromatic heterocycles. The summed E-state index contributed by atoms with van der Waals surface area (Å²) in [5, 5.41) is 7.31. The Balaban J connectivity index is 2.00. The van der Waals surface area contributed by atoms with E-state index < -0.39 is 0 Å². The number of halogens is 1. The molecule has 0 fully saturated rings. The van der Waals surface area contributed by atoms with Crippen LogP contribution in [-0.4, -0.2) is 11.5 Å². The molecule has 1 unspecified atom stereocenters. The van der Waals surface area contributed by atoms with Crippen LogP contribution in [0.3, 0.4) is 0 Å². The molecule has 0 saturated carbocycles. The van der Waals surface area contributed by atoms with Gasteiger partial charge in [-0.3, -0.25) is 0 Å². The topological polar surface area (TPSA) is 38.1 Å². The molecule has 0 amide bonds. The van der Waals surface area contributed by atoms with Gasteiger partial charge in [0.05, 0.1) is 11.0 Å². The fourth-order valence-corrected chi connectivity index (χ4v) is 3.24. The van der Waals surface area contributed by atoms with Crippen molar-refractivity contribution in [3.05, 3.63) is 51.9 Å². The number of rotatable bonds is 5. The van der Waals surface area contributed by atoms with Crippen molar-refractivity contribution in [1.29, 1.82) is 0 Å². The summed E-state index contributed by atoms with van der Waals surface area (Å²) in [6, 6.07) is 4.70. The lowest BCUT2D eigenvalue weighted by Gasteiger charge is -2.15. The van der Waals surface area contributed by atoms with Crippen LogP contribution in [-0.2, 0) is 6.42 Å². The molecule has 5 heteroatoms. The molecule has 0 bridgehead atoms. The standard InChI is InChI=1S/C16H17FN2OS/c1-3-18-13(9-15-19-6-7-21-15)16-10(2)12-8-11(17)4-5-14(12)20-16/h4-8,13,18H,3,9H2,1-2H3. The van der Waals surface area contributed by atoms with E-state index in [2.05, 4.69) is 17.2 Å². The average Bonchev–Trinajstić information content (AvgIpc) is 3.08. The molecule has 3 nitrogen and oxygen atoms in total. The van der Waals surface area contributed by atoms with E-state index in [9.17, 15) is 4.39 Å². The molecule has 2 heterocycles. The van der Waals surface area contributed by atoms with Crippen molar-refractivity contribution < 1.29 is 8.81 Å². The maximum absolute atomic E-state index is 13.4. The quantitative estimate of drug-likeness (QED) is 0.766. The molecule has 3 aromatic rings. The average molecular weight is 304 g/mol. The molecule has 0 aliphatic heterocycles. The Kier molecular flexibility index (Phi) is 4.03. The van der Waals surface area contributed by atoms with Crippen molar-refractivity contribution in [2.45, 2.75) is 26.3 Å². The van der Waals surface area contributed by atoms with Crippen molar-refractivity contribution in [2.75, 3.05) is 6.54 Å². The highest BCUT2D eigenvalue weighted by atomic mass is 32.1. The number of nitrogens with zero attached hydrogens (tertiary/aromatic N) is 1. The maximum Gasteiger partial charge on any atom is 0.134 e. The first-order valence-electron chi connectivity index (χ1n) is 6.99. The molecule has 0 spiro atoms. The first-order chi connectivity index (χ1) is 10.2. The lowest BCUT2D eigenvalue weighted by atomic mass is 10.1. The van der Waals surface area contributed by atoms with Gasteiger partial charge < -0.3 is 9.73 Å². The number of fused-ring (bicyclic) bond motifs is 1. The number of thiazole rings is 1. The first kappa shape index (κ1) is 14.2. The van der Waals surface area contributed by atoms with Gasteiger partial charge in [-0.15, -0.1) is 11.3 Å². The molecule has 0 aliphatic carbocycles. The van der Waals surface area contributed by atoms with Crippen LogP contribution in [0, 0.1) is 12.7 Å². The van der Waals surface area contributed by atoms with E-state index in [4.69, 9.17) is 4.42 Å². The Morgan fingerprint density at radius 3 is 3.00 bits per heavy atom. The Bertz CT molecular complexity index is 736. The van der Waals surface area contributed by atoms with Gasteiger partial charge in [-0.1, -0.05) is 6.92 Å². The van der Waals surface area contributed by atoms with E-state index in [-0.39, 0.29) is 11.9 Å². The van der Waals surface area contributed by atoms with Gasteiger partial charge in [0.2, 0.25) is 0 Å². The van der Waals surface area contributed by atoms with Crippen LogP contribution in [0.1, 0.15) is 29.3 Å². The minimum Gasteiger partial charge on any atom is -0.459 e. The van der Waals surface area contributed by atoms with E-state index in [0.29, 0.717) is 0 Å². The molecular weight excluding hydrogens is 287 g/mol. The molecule has 1 atom stereocenters. The zero-order chi connectivity index (χ0) is 14.8. The molecule has 1 N–H and O–H groups in total. The number of nitrogens with one attached hydrogen (secondary N) is 1. The highest BCUT2D eigenvalue weighted by Crippen LogP contribution is 2.31. The Labute approximate surface area is 126 Å². The Morgan fingerprint density at radius 2 is 2.29 bits per heavy atom. The van der Waals surface area contributed by atoms with Crippen LogP contribution < -0.4 is 5.32 Å². The molecule has 110 valence electrons. The van der Waals surface area contributed by atoms with Gasteiger partial charge in [-0.2, -0.15) is 0 Å². The summed E-state index contributed by atoms with van der Waals surface area (Å²) in [5.41, 5.74) is 1.72. The van der Waals surface area contributed by atoms with Crippen molar-refractivity contribution in [3.8, 4) is 0 Å². The summed E-state index contributed by atoms with van der Waals surface area (Å²) in [5.74, 6) is 0.630. The van der Waals surface area contributed by atoms with Crippen LogP contribution in [0.5, 0.6) is 0 Å². The van der Waals surface area contributed by atoms with Crippen LogP contribution >= 0.6 is 11.3 Å². The number of benzene rings is 1. The third-order valence-corrected chi connectivity index (χ3v) is 4.37. The van der Waals surface area contributed by atoms with Gasteiger partial charge in [-0.25, -0.2) is 9.37 Å². The molecular formula is C16H17FN2OS. The molecule has 0 aliphatic rings. The molecule has 21 heavy (non-hydrogen) atoms. The largest absolute Gasteiger partial charge is 0.459 e. The van der Waals surface area contributed by atoms with Crippen LogP contribution in [0.25, 0.3) is 11.0 Å². The van der Waals surface area contributed by atoms with E-state index in [1.807, 2.05) is 18.5 Å². The summed E-state index contributed by atoms with van der Waals surface area (Å²) >= 11 is 1.63. The minimum absolute atomic E-state index is 0.0524. The lowest BCUT2D eigenvalue weighted by molar-refractivity contribution is 0.431. The number of furan rings is 1. The predicted octanol–water partition coefficient (Wildman–Crippen LogP) is 4.23. The van der Waals surface area contributed by atoms with Gasteiger partial charge in [-0.05, 0) is 31.7 Å². The van der Waals surface area contributed by atoms with Crippen LogP contribution in [0.4, 0.5) is 4.39 Å². The predicted molar refractivity (Wildman–Crippen MR) is 83.1 cm³/mol. The van der Waals surface area contributed by atoms with Crippen molar-refractivity contribution in [2.24, 2.45) is 0 Å². The van der Waals surface area contributed by atoms with E-state index in [1.54, 1.807) is 17.4 Å². The molecule has 0 saturated heterocycles. The van der Waals surface area contributed by atoms with Crippen LogP contribution in [0.15, 0.2) is 34.2 Å².